The first kappa shape index (κ1) is 15.2. The smallest absolute Gasteiger partial charge is 0.258 e. The fourth-order valence-electron chi connectivity index (χ4n) is 2.60. The van der Waals surface area contributed by atoms with Gasteiger partial charge in [0, 0.05) is 6.54 Å². The molecular formula is C18H19N3O2. The van der Waals surface area contributed by atoms with Crippen molar-refractivity contribution in [3.05, 3.63) is 70.3 Å². The van der Waals surface area contributed by atoms with Crippen LogP contribution in [0.5, 0.6) is 5.75 Å². The van der Waals surface area contributed by atoms with Crippen LogP contribution in [0.3, 0.4) is 0 Å². The third kappa shape index (κ3) is 3.57. The van der Waals surface area contributed by atoms with Crippen molar-refractivity contribution in [2.45, 2.75) is 13.1 Å². The molecule has 0 fully saturated rings. The van der Waals surface area contributed by atoms with E-state index in [0.717, 1.165) is 23.4 Å². The highest BCUT2D eigenvalue weighted by molar-refractivity contribution is 5.77. The first-order valence-electron chi connectivity index (χ1n) is 7.45. The monoisotopic (exact) mass is 309 g/mol. The molecule has 1 heterocycles. The van der Waals surface area contributed by atoms with Crippen LogP contribution >= 0.6 is 0 Å². The molecule has 1 aromatic heterocycles. The Morgan fingerprint density at radius 3 is 2.78 bits per heavy atom. The molecule has 3 rings (SSSR count). The first-order chi connectivity index (χ1) is 11.2. The van der Waals surface area contributed by atoms with Crippen molar-refractivity contribution in [3.8, 4) is 5.75 Å². The molecule has 3 aromatic rings. The summed E-state index contributed by atoms with van der Waals surface area (Å²) in [6.07, 6.45) is 0. The van der Waals surface area contributed by atoms with Crippen molar-refractivity contribution in [2.24, 2.45) is 0 Å². The number of H-pyrrole nitrogens is 1. The molecule has 0 spiro atoms. The Morgan fingerprint density at radius 1 is 1.13 bits per heavy atom. The van der Waals surface area contributed by atoms with Gasteiger partial charge in [-0.2, -0.15) is 0 Å². The zero-order valence-corrected chi connectivity index (χ0v) is 13.2. The van der Waals surface area contributed by atoms with Gasteiger partial charge in [-0.1, -0.05) is 24.3 Å². The van der Waals surface area contributed by atoms with Gasteiger partial charge in [0.15, 0.2) is 0 Å². The molecule has 1 N–H and O–H groups in total. The van der Waals surface area contributed by atoms with Gasteiger partial charge >= 0.3 is 0 Å². The van der Waals surface area contributed by atoms with Crippen LogP contribution in [-0.4, -0.2) is 29.0 Å². The predicted molar refractivity (Wildman–Crippen MR) is 90.5 cm³/mol. The lowest BCUT2D eigenvalue weighted by Gasteiger charge is -2.16. The minimum Gasteiger partial charge on any atom is -0.497 e. The van der Waals surface area contributed by atoms with Gasteiger partial charge in [0.2, 0.25) is 0 Å². The second kappa shape index (κ2) is 6.62. The molecular weight excluding hydrogens is 290 g/mol. The topological polar surface area (TPSA) is 58.2 Å². The summed E-state index contributed by atoms with van der Waals surface area (Å²) in [5.74, 6) is 1.51. The molecule has 0 amide bonds. The maximum absolute atomic E-state index is 12.1. The second-order valence-electron chi connectivity index (χ2n) is 5.55. The van der Waals surface area contributed by atoms with Crippen molar-refractivity contribution in [2.75, 3.05) is 14.2 Å². The highest BCUT2D eigenvalue weighted by Crippen LogP contribution is 2.14. The van der Waals surface area contributed by atoms with Crippen LogP contribution in [0.15, 0.2) is 53.3 Å². The Kier molecular flexibility index (Phi) is 4.39. The number of hydrogen-bond acceptors (Lipinski definition) is 4. The van der Waals surface area contributed by atoms with Crippen LogP contribution in [0.1, 0.15) is 11.4 Å². The number of rotatable bonds is 5. The number of fused-ring (bicyclic) bond motifs is 1. The van der Waals surface area contributed by atoms with Crippen LogP contribution < -0.4 is 10.3 Å². The summed E-state index contributed by atoms with van der Waals surface area (Å²) in [7, 11) is 3.65. The largest absolute Gasteiger partial charge is 0.497 e. The Morgan fingerprint density at radius 2 is 1.96 bits per heavy atom. The maximum Gasteiger partial charge on any atom is 0.258 e. The summed E-state index contributed by atoms with van der Waals surface area (Å²) in [5, 5.41) is 0.617. The number of nitrogens with zero attached hydrogens (tertiary/aromatic N) is 2. The SMILES string of the molecule is COc1cccc(CN(C)Cc2nc3ccccc3c(=O)[nH]2)c1. The normalized spacial score (nSPS) is 11.1. The van der Waals surface area contributed by atoms with Gasteiger partial charge < -0.3 is 9.72 Å². The third-order valence-electron chi connectivity index (χ3n) is 3.67. The predicted octanol–water partition coefficient (Wildman–Crippen LogP) is 2.56. The number of benzene rings is 2. The molecule has 5 nitrogen and oxygen atoms in total. The lowest BCUT2D eigenvalue weighted by atomic mass is 10.2. The zero-order chi connectivity index (χ0) is 16.2. The van der Waals surface area contributed by atoms with Crippen molar-refractivity contribution in [1.29, 1.82) is 0 Å². The van der Waals surface area contributed by atoms with Gasteiger partial charge in [-0.05, 0) is 36.9 Å². The summed E-state index contributed by atoms with van der Waals surface area (Å²) in [5.41, 5.74) is 1.77. The first-order valence-corrected chi connectivity index (χ1v) is 7.45. The minimum absolute atomic E-state index is 0.0969. The quantitative estimate of drug-likeness (QED) is 0.787. The van der Waals surface area contributed by atoms with Gasteiger partial charge in [0.1, 0.15) is 11.6 Å². The molecule has 2 aromatic carbocycles. The molecule has 0 aliphatic heterocycles. The Labute approximate surface area is 134 Å². The van der Waals surface area contributed by atoms with Gasteiger partial charge in [-0.3, -0.25) is 9.69 Å². The molecule has 0 radical (unpaired) electrons. The molecule has 118 valence electrons. The second-order valence-corrected chi connectivity index (χ2v) is 5.55. The number of hydrogen-bond donors (Lipinski definition) is 1. The van der Waals surface area contributed by atoms with E-state index in [-0.39, 0.29) is 5.56 Å². The van der Waals surface area contributed by atoms with E-state index >= 15 is 0 Å². The number of aromatic amines is 1. The molecule has 0 aliphatic carbocycles. The highest BCUT2D eigenvalue weighted by atomic mass is 16.5. The summed E-state index contributed by atoms with van der Waals surface area (Å²) in [6, 6.07) is 15.3. The van der Waals surface area contributed by atoms with E-state index in [1.165, 1.54) is 0 Å². The fourth-order valence-corrected chi connectivity index (χ4v) is 2.60. The van der Waals surface area contributed by atoms with E-state index in [1.807, 2.05) is 43.4 Å². The van der Waals surface area contributed by atoms with E-state index in [4.69, 9.17) is 4.74 Å². The standard InChI is InChI=1S/C18H19N3O2/c1-21(11-13-6-5-7-14(10-13)23-2)12-17-19-16-9-4-3-8-15(16)18(22)20-17/h3-10H,11-12H2,1-2H3,(H,19,20,22). The zero-order valence-electron chi connectivity index (χ0n) is 13.2. The maximum atomic E-state index is 12.1. The summed E-state index contributed by atoms with van der Waals surface area (Å²) in [6.45, 7) is 1.31. The molecule has 0 saturated carbocycles. The third-order valence-corrected chi connectivity index (χ3v) is 3.67. The number of ether oxygens (including phenoxy) is 1. The van der Waals surface area contributed by atoms with Gasteiger partial charge in [-0.15, -0.1) is 0 Å². The summed E-state index contributed by atoms with van der Waals surface area (Å²) >= 11 is 0. The van der Waals surface area contributed by atoms with Crippen molar-refractivity contribution >= 4 is 10.9 Å². The van der Waals surface area contributed by atoms with Crippen LogP contribution in [0.4, 0.5) is 0 Å². The molecule has 0 atom stereocenters. The van der Waals surface area contributed by atoms with E-state index < -0.39 is 0 Å². The number of methoxy groups -OCH3 is 1. The fraction of sp³-hybridized carbons (Fsp3) is 0.222. The van der Waals surface area contributed by atoms with Crippen LogP contribution in [0.2, 0.25) is 0 Å². The van der Waals surface area contributed by atoms with Crippen molar-refractivity contribution < 1.29 is 4.74 Å². The average molecular weight is 309 g/mol. The van der Waals surface area contributed by atoms with E-state index in [9.17, 15) is 4.79 Å². The number of nitrogens with one attached hydrogen (secondary N) is 1. The molecule has 23 heavy (non-hydrogen) atoms. The van der Waals surface area contributed by atoms with E-state index in [0.29, 0.717) is 17.8 Å². The molecule has 0 saturated heterocycles. The number of aromatic nitrogens is 2. The summed E-state index contributed by atoms with van der Waals surface area (Å²) < 4.78 is 5.24. The number of para-hydroxylation sites is 1. The molecule has 0 unspecified atom stereocenters. The Bertz CT molecular complexity index is 873. The average Bonchev–Trinajstić information content (AvgIpc) is 2.55. The van der Waals surface area contributed by atoms with Crippen LogP contribution in [-0.2, 0) is 13.1 Å². The highest BCUT2D eigenvalue weighted by Gasteiger charge is 2.07. The Balaban J connectivity index is 1.77. The van der Waals surface area contributed by atoms with Gasteiger partial charge in [0.05, 0.1) is 24.6 Å². The molecule has 0 aliphatic rings. The van der Waals surface area contributed by atoms with Gasteiger partial charge in [-0.25, -0.2) is 4.98 Å². The molecule has 0 bridgehead atoms. The van der Waals surface area contributed by atoms with Crippen LogP contribution in [0.25, 0.3) is 10.9 Å². The van der Waals surface area contributed by atoms with E-state index in [2.05, 4.69) is 20.9 Å². The minimum atomic E-state index is -0.0969. The molecule has 5 heteroatoms. The van der Waals surface area contributed by atoms with Crippen molar-refractivity contribution in [3.63, 3.8) is 0 Å². The van der Waals surface area contributed by atoms with E-state index in [1.54, 1.807) is 13.2 Å². The lowest BCUT2D eigenvalue weighted by Crippen LogP contribution is -2.21. The lowest BCUT2D eigenvalue weighted by molar-refractivity contribution is 0.310. The summed E-state index contributed by atoms with van der Waals surface area (Å²) in [4.78, 5) is 21.6. The Hall–Kier alpha value is -2.66. The van der Waals surface area contributed by atoms with Gasteiger partial charge in [0.25, 0.3) is 5.56 Å². The van der Waals surface area contributed by atoms with Crippen molar-refractivity contribution in [1.82, 2.24) is 14.9 Å². The van der Waals surface area contributed by atoms with Crippen LogP contribution in [0, 0.1) is 0 Å².